The van der Waals surface area contributed by atoms with Gasteiger partial charge in [-0.05, 0) is 61.4 Å². The molecule has 0 aliphatic carbocycles. The van der Waals surface area contributed by atoms with Crippen molar-refractivity contribution < 1.29 is 14.3 Å². The molecule has 1 unspecified atom stereocenters. The van der Waals surface area contributed by atoms with E-state index < -0.39 is 6.04 Å². The number of carbonyl (C=O) groups excluding carboxylic acids is 2. The summed E-state index contributed by atoms with van der Waals surface area (Å²) in [6, 6.07) is 24.0. The summed E-state index contributed by atoms with van der Waals surface area (Å²) in [5.74, 6) is 0.138. The van der Waals surface area contributed by atoms with E-state index in [1.807, 2.05) is 80.6 Å². The number of hydrogen-bond acceptors (Lipinski definition) is 3. The minimum Gasteiger partial charge on any atom is -0.484 e. The molecule has 0 aromatic heterocycles. The normalized spacial score (nSPS) is 11.7. The second-order valence-corrected chi connectivity index (χ2v) is 10.1. The third-order valence-electron chi connectivity index (χ3n) is 5.12. The minimum atomic E-state index is -0.690. The van der Waals surface area contributed by atoms with Crippen molar-refractivity contribution in [1.82, 2.24) is 10.2 Å². The van der Waals surface area contributed by atoms with Crippen LogP contribution in [0.3, 0.4) is 0 Å². The zero-order chi connectivity index (χ0) is 24.5. The van der Waals surface area contributed by atoms with Crippen LogP contribution in [0.4, 0.5) is 0 Å². The lowest BCUT2D eigenvalue weighted by Crippen LogP contribution is -2.52. The van der Waals surface area contributed by atoms with Crippen LogP contribution in [-0.2, 0) is 22.6 Å². The van der Waals surface area contributed by atoms with Gasteiger partial charge in [0.05, 0.1) is 0 Å². The minimum absolute atomic E-state index is 0.0485. The van der Waals surface area contributed by atoms with Crippen molar-refractivity contribution in [2.24, 2.45) is 0 Å². The molecule has 0 heterocycles. The fourth-order valence-corrected chi connectivity index (χ4v) is 4.24. The summed E-state index contributed by atoms with van der Waals surface area (Å²) in [6.45, 7) is 3.93. The molecular weight excluding hydrogens is 560 g/mol. The molecule has 7 heteroatoms. The monoisotopic (exact) mass is 586 g/mol. The Morgan fingerprint density at radius 1 is 0.882 bits per heavy atom. The van der Waals surface area contributed by atoms with E-state index in [9.17, 15) is 9.59 Å². The number of nitrogens with one attached hydrogen (secondary N) is 1. The van der Waals surface area contributed by atoms with Crippen molar-refractivity contribution >= 4 is 43.7 Å². The molecule has 3 aromatic rings. The molecule has 178 valence electrons. The molecule has 1 N–H and O–H groups in total. The lowest BCUT2D eigenvalue weighted by atomic mass is 10.0. The maximum absolute atomic E-state index is 13.5. The second-order valence-electron chi connectivity index (χ2n) is 8.26. The lowest BCUT2D eigenvalue weighted by molar-refractivity contribution is -0.143. The van der Waals surface area contributed by atoms with Gasteiger partial charge < -0.3 is 15.0 Å². The van der Waals surface area contributed by atoms with Crippen molar-refractivity contribution in [3.8, 4) is 5.75 Å². The lowest BCUT2D eigenvalue weighted by Gasteiger charge is -2.32. The van der Waals surface area contributed by atoms with Gasteiger partial charge in [0.15, 0.2) is 6.61 Å². The third-order valence-corrected chi connectivity index (χ3v) is 6.14. The standard InChI is InChI=1S/C27H28Br2N2O3/c1-19(2)30-27(33)25(16-20-7-4-3-5-8-20)31(17-21-9-6-10-23(29)15-21)26(32)18-34-24-13-11-22(28)12-14-24/h3-15,19,25H,16-18H2,1-2H3,(H,30,33). The van der Waals surface area contributed by atoms with Gasteiger partial charge in [0, 0.05) is 28.0 Å². The van der Waals surface area contributed by atoms with Gasteiger partial charge in [-0.2, -0.15) is 0 Å². The highest BCUT2D eigenvalue weighted by Gasteiger charge is 2.31. The smallest absolute Gasteiger partial charge is 0.261 e. The van der Waals surface area contributed by atoms with Gasteiger partial charge in [-0.1, -0.05) is 74.3 Å². The first-order valence-electron chi connectivity index (χ1n) is 11.1. The number of halogens is 2. The fourth-order valence-electron chi connectivity index (χ4n) is 3.53. The van der Waals surface area contributed by atoms with Crippen molar-refractivity contribution in [2.75, 3.05) is 6.61 Å². The highest BCUT2D eigenvalue weighted by atomic mass is 79.9. The Morgan fingerprint density at radius 3 is 2.21 bits per heavy atom. The number of carbonyl (C=O) groups is 2. The van der Waals surface area contributed by atoms with Crippen LogP contribution in [0.2, 0.25) is 0 Å². The zero-order valence-corrected chi connectivity index (χ0v) is 22.4. The summed E-state index contributed by atoms with van der Waals surface area (Å²) in [5, 5.41) is 2.99. The van der Waals surface area contributed by atoms with E-state index in [1.54, 1.807) is 17.0 Å². The van der Waals surface area contributed by atoms with Crippen molar-refractivity contribution in [3.63, 3.8) is 0 Å². The Bertz CT molecular complexity index is 1090. The van der Waals surface area contributed by atoms with Gasteiger partial charge in [0.2, 0.25) is 5.91 Å². The maximum Gasteiger partial charge on any atom is 0.261 e. The largest absolute Gasteiger partial charge is 0.484 e. The average molecular weight is 588 g/mol. The molecule has 0 saturated carbocycles. The molecule has 0 fully saturated rings. The van der Waals surface area contributed by atoms with Gasteiger partial charge in [0.1, 0.15) is 11.8 Å². The Labute approximate surface area is 217 Å². The van der Waals surface area contributed by atoms with Crippen LogP contribution in [-0.4, -0.2) is 35.4 Å². The molecule has 0 bridgehead atoms. The molecule has 1 atom stereocenters. The van der Waals surface area contributed by atoms with Crippen LogP contribution in [0.25, 0.3) is 0 Å². The van der Waals surface area contributed by atoms with Crippen LogP contribution >= 0.6 is 31.9 Å². The highest BCUT2D eigenvalue weighted by Crippen LogP contribution is 2.20. The molecular formula is C27H28Br2N2O3. The van der Waals surface area contributed by atoms with E-state index in [4.69, 9.17) is 4.74 Å². The van der Waals surface area contributed by atoms with Crippen LogP contribution in [0.15, 0.2) is 87.8 Å². The van der Waals surface area contributed by atoms with Gasteiger partial charge in [0.25, 0.3) is 5.91 Å². The van der Waals surface area contributed by atoms with Crippen molar-refractivity contribution in [2.45, 2.75) is 38.9 Å². The summed E-state index contributed by atoms with van der Waals surface area (Å²) in [5.41, 5.74) is 1.90. The third kappa shape index (κ3) is 7.99. The van der Waals surface area contributed by atoms with Gasteiger partial charge in [-0.25, -0.2) is 0 Å². The van der Waals surface area contributed by atoms with Crippen LogP contribution < -0.4 is 10.1 Å². The summed E-state index contributed by atoms with van der Waals surface area (Å²) in [4.78, 5) is 28.4. The molecule has 0 saturated heterocycles. The predicted octanol–water partition coefficient (Wildman–Crippen LogP) is 5.76. The van der Waals surface area contributed by atoms with E-state index in [-0.39, 0.29) is 31.0 Å². The van der Waals surface area contributed by atoms with E-state index in [1.165, 1.54) is 0 Å². The summed E-state index contributed by atoms with van der Waals surface area (Å²) < 4.78 is 7.61. The second kappa shape index (κ2) is 12.7. The van der Waals surface area contributed by atoms with Crippen LogP contribution in [0.1, 0.15) is 25.0 Å². The topological polar surface area (TPSA) is 58.6 Å². The Kier molecular flexibility index (Phi) is 9.72. The number of benzene rings is 3. The van der Waals surface area contributed by atoms with E-state index in [0.29, 0.717) is 12.2 Å². The highest BCUT2D eigenvalue weighted by molar-refractivity contribution is 9.10. The Hall–Kier alpha value is -2.64. The van der Waals surface area contributed by atoms with Gasteiger partial charge in [-0.3, -0.25) is 9.59 Å². The summed E-state index contributed by atoms with van der Waals surface area (Å²) >= 11 is 6.90. The Balaban J connectivity index is 1.90. The van der Waals surface area contributed by atoms with Crippen LogP contribution in [0, 0.1) is 0 Å². The van der Waals surface area contributed by atoms with Crippen molar-refractivity contribution in [1.29, 1.82) is 0 Å². The molecule has 0 aliphatic rings. The average Bonchev–Trinajstić information content (AvgIpc) is 2.81. The molecule has 2 amide bonds. The molecule has 0 aliphatic heterocycles. The first kappa shape index (κ1) is 26.0. The molecule has 0 spiro atoms. The predicted molar refractivity (Wildman–Crippen MR) is 142 cm³/mol. The van der Waals surface area contributed by atoms with E-state index in [0.717, 1.165) is 20.1 Å². The van der Waals surface area contributed by atoms with Gasteiger partial charge in [-0.15, -0.1) is 0 Å². The first-order valence-corrected chi connectivity index (χ1v) is 12.7. The number of rotatable bonds is 10. The zero-order valence-electron chi connectivity index (χ0n) is 19.2. The molecule has 5 nitrogen and oxygen atoms in total. The number of nitrogens with zero attached hydrogens (tertiary/aromatic N) is 1. The van der Waals surface area contributed by atoms with E-state index >= 15 is 0 Å². The fraction of sp³-hybridized carbons (Fsp3) is 0.259. The SMILES string of the molecule is CC(C)NC(=O)C(Cc1ccccc1)N(Cc1cccc(Br)c1)C(=O)COc1ccc(Br)cc1. The van der Waals surface area contributed by atoms with E-state index in [2.05, 4.69) is 37.2 Å². The molecule has 3 aromatic carbocycles. The quantitative estimate of drug-likeness (QED) is 0.328. The number of amides is 2. The molecule has 3 rings (SSSR count). The first-order chi connectivity index (χ1) is 16.3. The molecule has 34 heavy (non-hydrogen) atoms. The number of hydrogen-bond donors (Lipinski definition) is 1. The summed E-state index contributed by atoms with van der Waals surface area (Å²) in [6.07, 6.45) is 0.400. The maximum atomic E-state index is 13.5. The van der Waals surface area contributed by atoms with Gasteiger partial charge >= 0.3 is 0 Å². The summed E-state index contributed by atoms with van der Waals surface area (Å²) in [7, 11) is 0. The molecule has 0 radical (unpaired) electrons. The number of ether oxygens (including phenoxy) is 1. The van der Waals surface area contributed by atoms with Crippen LogP contribution in [0.5, 0.6) is 5.75 Å². The Morgan fingerprint density at radius 2 is 1.56 bits per heavy atom. The van der Waals surface area contributed by atoms with Crippen molar-refractivity contribution in [3.05, 3.63) is 98.9 Å².